The zero-order valence-corrected chi connectivity index (χ0v) is 11.3. The number of likely N-dealkylation sites (tertiary alicyclic amines) is 1. The molecule has 1 aliphatic heterocycles. The topological polar surface area (TPSA) is 49.8 Å². The molecule has 1 amide bonds. The minimum Gasteiger partial charge on any atom is -0.478 e. The summed E-state index contributed by atoms with van der Waals surface area (Å²) in [7, 11) is 0. The van der Waals surface area contributed by atoms with E-state index in [0.29, 0.717) is 18.7 Å². The largest absolute Gasteiger partial charge is 0.478 e. The number of carbonyl (C=O) groups excluding carboxylic acids is 1. The normalized spacial score (nSPS) is 22.9. The molecule has 2 rings (SSSR count). The molecular weight excluding hydrogens is 254 g/mol. The number of nitrogens with zero attached hydrogens (tertiary/aromatic N) is 1. The Morgan fingerprint density at radius 3 is 2.60 bits per heavy atom. The number of hydrogen-bond acceptors (Lipinski definition) is 3. The van der Waals surface area contributed by atoms with Gasteiger partial charge in [-0.05, 0) is 18.6 Å². The van der Waals surface area contributed by atoms with Gasteiger partial charge in [-0.3, -0.25) is 4.79 Å². The summed E-state index contributed by atoms with van der Waals surface area (Å²) < 4.78 is 5.70. The van der Waals surface area contributed by atoms with Gasteiger partial charge in [0.2, 0.25) is 0 Å². The fraction of sp³-hybridized carbons (Fsp3) is 0.312. The summed E-state index contributed by atoms with van der Waals surface area (Å²) in [6.07, 6.45) is 2.37. The van der Waals surface area contributed by atoms with E-state index in [9.17, 15) is 9.90 Å². The van der Waals surface area contributed by atoms with E-state index >= 15 is 0 Å². The van der Waals surface area contributed by atoms with Gasteiger partial charge in [0.05, 0.1) is 6.10 Å². The molecule has 106 valence electrons. The lowest BCUT2D eigenvalue weighted by Crippen LogP contribution is -2.70. The van der Waals surface area contributed by atoms with Crippen LogP contribution >= 0.6 is 0 Å². The van der Waals surface area contributed by atoms with Gasteiger partial charge in [-0.25, -0.2) is 0 Å². The van der Waals surface area contributed by atoms with Gasteiger partial charge in [-0.15, -0.1) is 13.2 Å². The van der Waals surface area contributed by atoms with Crippen LogP contribution in [0.3, 0.4) is 0 Å². The minimum atomic E-state index is -0.682. The van der Waals surface area contributed by atoms with Gasteiger partial charge in [0.15, 0.2) is 6.10 Å². The van der Waals surface area contributed by atoms with Crippen molar-refractivity contribution in [1.82, 2.24) is 4.90 Å². The maximum Gasteiger partial charge on any atom is 0.266 e. The lowest BCUT2D eigenvalue weighted by molar-refractivity contribution is -0.171. The van der Waals surface area contributed by atoms with Crippen LogP contribution in [0.4, 0.5) is 0 Å². The molecule has 1 aliphatic rings. The Bertz CT molecular complexity index is 486. The van der Waals surface area contributed by atoms with Gasteiger partial charge in [-0.1, -0.05) is 30.4 Å². The third-order valence-electron chi connectivity index (χ3n) is 3.33. The van der Waals surface area contributed by atoms with Crippen LogP contribution in [0.5, 0.6) is 5.75 Å². The molecule has 1 N–H and O–H groups in total. The Morgan fingerprint density at radius 1 is 1.30 bits per heavy atom. The SMILES string of the molecule is C=CC[C@@H](O)[C@H]1[C@@H](Oc2ccccc2)C(=O)N1CC=C. The summed E-state index contributed by atoms with van der Waals surface area (Å²) in [5, 5.41) is 10.2. The van der Waals surface area contributed by atoms with Crippen LogP contribution in [0, 0.1) is 0 Å². The molecule has 1 aromatic rings. The molecule has 20 heavy (non-hydrogen) atoms. The van der Waals surface area contributed by atoms with Crippen molar-refractivity contribution in [2.75, 3.05) is 6.54 Å². The molecule has 3 atom stereocenters. The van der Waals surface area contributed by atoms with Gasteiger partial charge < -0.3 is 14.7 Å². The van der Waals surface area contributed by atoms with Crippen molar-refractivity contribution in [3.63, 3.8) is 0 Å². The molecule has 1 aromatic carbocycles. The van der Waals surface area contributed by atoms with Crippen molar-refractivity contribution in [3.8, 4) is 5.75 Å². The first-order valence-electron chi connectivity index (χ1n) is 6.61. The second-order valence-electron chi connectivity index (χ2n) is 4.71. The minimum absolute atomic E-state index is 0.123. The smallest absolute Gasteiger partial charge is 0.266 e. The zero-order chi connectivity index (χ0) is 14.5. The van der Waals surface area contributed by atoms with Gasteiger partial charge in [0, 0.05) is 6.54 Å². The molecule has 0 radical (unpaired) electrons. The highest BCUT2D eigenvalue weighted by Gasteiger charge is 2.51. The molecule has 0 unspecified atom stereocenters. The molecule has 1 fully saturated rings. The number of β-lactam (4-membered cyclic amide) rings is 1. The fourth-order valence-corrected chi connectivity index (χ4v) is 2.37. The van der Waals surface area contributed by atoms with Gasteiger partial charge in [-0.2, -0.15) is 0 Å². The highest BCUT2D eigenvalue weighted by molar-refractivity contribution is 5.89. The number of aliphatic hydroxyl groups excluding tert-OH is 1. The van der Waals surface area contributed by atoms with E-state index < -0.39 is 12.2 Å². The second kappa shape index (κ2) is 6.39. The van der Waals surface area contributed by atoms with Crippen LogP contribution in [-0.4, -0.2) is 40.7 Å². The second-order valence-corrected chi connectivity index (χ2v) is 4.71. The number of benzene rings is 1. The third-order valence-corrected chi connectivity index (χ3v) is 3.33. The molecular formula is C16H19NO3. The molecule has 1 saturated heterocycles. The van der Waals surface area contributed by atoms with Crippen LogP contribution in [-0.2, 0) is 4.79 Å². The third kappa shape index (κ3) is 2.75. The number of hydrogen-bond donors (Lipinski definition) is 1. The number of para-hydroxylation sites is 1. The summed E-state index contributed by atoms with van der Waals surface area (Å²) in [4.78, 5) is 13.7. The number of amides is 1. The average molecular weight is 273 g/mol. The van der Waals surface area contributed by atoms with Crippen molar-refractivity contribution in [1.29, 1.82) is 0 Å². The lowest BCUT2D eigenvalue weighted by Gasteiger charge is -2.48. The highest BCUT2D eigenvalue weighted by Crippen LogP contribution is 2.28. The summed E-state index contributed by atoms with van der Waals surface area (Å²) in [5.41, 5.74) is 0. The molecule has 4 nitrogen and oxygen atoms in total. The molecule has 0 aromatic heterocycles. The number of carbonyl (C=O) groups is 1. The fourth-order valence-electron chi connectivity index (χ4n) is 2.37. The van der Waals surface area contributed by atoms with E-state index in [2.05, 4.69) is 13.2 Å². The lowest BCUT2D eigenvalue weighted by atomic mass is 9.90. The number of rotatable bonds is 7. The van der Waals surface area contributed by atoms with E-state index in [-0.39, 0.29) is 11.9 Å². The first-order chi connectivity index (χ1) is 9.69. The van der Waals surface area contributed by atoms with Gasteiger partial charge in [0.25, 0.3) is 5.91 Å². The summed E-state index contributed by atoms with van der Waals surface area (Å²) >= 11 is 0. The van der Waals surface area contributed by atoms with E-state index in [1.54, 1.807) is 29.2 Å². The predicted molar refractivity (Wildman–Crippen MR) is 77.4 cm³/mol. The summed E-state index contributed by atoms with van der Waals surface area (Å²) in [5.74, 6) is 0.502. The van der Waals surface area contributed by atoms with Crippen molar-refractivity contribution in [2.24, 2.45) is 0 Å². The van der Waals surface area contributed by atoms with Crippen molar-refractivity contribution in [3.05, 3.63) is 55.6 Å². The standard InChI is InChI=1S/C16H19NO3/c1-3-8-13(18)14-15(16(19)17(14)11-4-2)20-12-9-6-5-7-10-12/h3-7,9-10,13-15,18H,1-2,8,11H2/t13-,14+,15-/m1/s1. The maximum absolute atomic E-state index is 12.1. The van der Waals surface area contributed by atoms with Crippen molar-refractivity contribution >= 4 is 5.91 Å². The Hall–Kier alpha value is -2.07. The van der Waals surface area contributed by atoms with E-state index in [1.165, 1.54) is 0 Å². The quantitative estimate of drug-likeness (QED) is 0.608. The van der Waals surface area contributed by atoms with E-state index in [4.69, 9.17) is 4.74 Å². The highest BCUT2D eigenvalue weighted by atomic mass is 16.5. The maximum atomic E-state index is 12.1. The van der Waals surface area contributed by atoms with Crippen LogP contribution in [0.1, 0.15) is 6.42 Å². The van der Waals surface area contributed by atoms with Crippen LogP contribution in [0.15, 0.2) is 55.6 Å². The molecule has 0 saturated carbocycles. The zero-order valence-electron chi connectivity index (χ0n) is 11.3. The molecule has 4 heteroatoms. The first kappa shape index (κ1) is 14.3. The van der Waals surface area contributed by atoms with Crippen LogP contribution in [0.25, 0.3) is 0 Å². The van der Waals surface area contributed by atoms with Gasteiger partial charge in [0.1, 0.15) is 11.8 Å². The Kier molecular flexibility index (Phi) is 4.58. The molecule has 0 aliphatic carbocycles. The Labute approximate surface area is 119 Å². The number of ether oxygens (including phenoxy) is 1. The summed E-state index contributed by atoms with van der Waals surface area (Å²) in [6.45, 7) is 7.65. The average Bonchev–Trinajstić information content (AvgIpc) is 2.46. The summed E-state index contributed by atoms with van der Waals surface area (Å²) in [6, 6.07) is 8.79. The van der Waals surface area contributed by atoms with E-state index in [1.807, 2.05) is 18.2 Å². The Morgan fingerprint density at radius 2 is 2.00 bits per heavy atom. The van der Waals surface area contributed by atoms with Crippen LogP contribution < -0.4 is 4.74 Å². The Balaban J connectivity index is 2.11. The molecule has 1 heterocycles. The molecule has 0 spiro atoms. The monoisotopic (exact) mass is 273 g/mol. The predicted octanol–water partition coefficient (Wildman–Crippen LogP) is 1.77. The first-order valence-corrected chi connectivity index (χ1v) is 6.61. The van der Waals surface area contributed by atoms with E-state index in [0.717, 1.165) is 0 Å². The van der Waals surface area contributed by atoms with Crippen molar-refractivity contribution in [2.45, 2.75) is 24.7 Å². The van der Waals surface area contributed by atoms with Crippen molar-refractivity contribution < 1.29 is 14.6 Å². The number of aliphatic hydroxyl groups is 1. The van der Waals surface area contributed by atoms with Gasteiger partial charge >= 0.3 is 0 Å². The van der Waals surface area contributed by atoms with Crippen LogP contribution in [0.2, 0.25) is 0 Å². The molecule has 0 bridgehead atoms.